The van der Waals surface area contributed by atoms with Crippen LogP contribution in [0.3, 0.4) is 0 Å². The second kappa shape index (κ2) is 6.26. The molecule has 90 valence electrons. The topological polar surface area (TPSA) is 107 Å². The molecule has 0 bridgehead atoms. The van der Waals surface area contributed by atoms with Crippen LogP contribution in [0.4, 0.5) is 5.69 Å². The van der Waals surface area contributed by atoms with E-state index < -0.39 is 14.3 Å². The zero-order valence-electron chi connectivity index (χ0n) is 8.03. The molecule has 0 saturated heterocycles. The fourth-order valence-electron chi connectivity index (χ4n) is 0.704. The summed E-state index contributed by atoms with van der Waals surface area (Å²) >= 11 is 0. The van der Waals surface area contributed by atoms with Crippen molar-refractivity contribution in [1.82, 2.24) is 0 Å². The minimum Gasteiger partial charge on any atom is -0.497 e. The highest BCUT2D eigenvalue weighted by Crippen LogP contribution is 2.16. The van der Waals surface area contributed by atoms with Gasteiger partial charge in [-0.05, 0) is 12.1 Å². The molecule has 1 aromatic carbocycles. The highest BCUT2D eigenvalue weighted by molar-refractivity contribution is 8.09. The van der Waals surface area contributed by atoms with Crippen molar-refractivity contribution in [2.45, 2.75) is 0 Å². The van der Waals surface area contributed by atoms with E-state index in [0.29, 0.717) is 5.75 Å². The van der Waals surface area contributed by atoms with E-state index in [4.69, 9.17) is 17.7 Å². The van der Waals surface area contributed by atoms with Crippen LogP contribution in [-0.4, -0.2) is 25.0 Å². The van der Waals surface area contributed by atoms with E-state index in [-0.39, 0.29) is 5.69 Å². The molecular formula is C7H8ClNO6S. The molecular weight excluding hydrogens is 262 g/mol. The molecule has 1 N–H and O–H groups in total. The lowest BCUT2D eigenvalue weighted by Gasteiger charge is -1.96. The lowest BCUT2D eigenvalue weighted by atomic mass is 10.3. The molecule has 0 unspecified atom stereocenters. The average Bonchev–Trinajstić information content (AvgIpc) is 2.15. The maximum absolute atomic E-state index is 10.2. The summed E-state index contributed by atoms with van der Waals surface area (Å²) in [6.07, 6.45) is 0. The van der Waals surface area contributed by atoms with Gasteiger partial charge in [0.25, 0.3) is 5.69 Å². The van der Waals surface area contributed by atoms with Crippen molar-refractivity contribution in [3.63, 3.8) is 0 Å². The summed E-state index contributed by atoms with van der Waals surface area (Å²) in [5.41, 5.74) is 0.0748. The third-order valence-electron chi connectivity index (χ3n) is 1.28. The SMILES string of the molecule is COc1ccc([N+](=O)[O-])cc1.O=S(=O)(O)Cl. The van der Waals surface area contributed by atoms with Gasteiger partial charge in [-0.15, -0.1) is 0 Å². The van der Waals surface area contributed by atoms with Gasteiger partial charge in [0.2, 0.25) is 0 Å². The van der Waals surface area contributed by atoms with Gasteiger partial charge >= 0.3 is 9.33 Å². The normalized spacial score (nSPS) is 9.94. The standard InChI is InChI=1S/C7H7NO3.ClHO3S/c1-11-7-4-2-6(3-5-7)8(9)10;1-5(2,3)4/h2-5H,1H3;(H,2,3,4). The summed E-state index contributed by atoms with van der Waals surface area (Å²) < 4.78 is 30.0. The molecule has 7 nitrogen and oxygen atoms in total. The van der Waals surface area contributed by atoms with Gasteiger partial charge in [-0.2, -0.15) is 8.42 Å². The Labute approximate surface area is 96.0 Å². The predicted octanol–water partition coefficient (Wildman–Crippen LogP) is 1.63. The van der Waals surface area contributed by atoms with E-state index in [2.05, 4.69) is 10.7 Å². The minimum atomic E-state index is -4.19. The molecule has 0 aromatic heterocycles. The van der Waals surface area contributed by atoms with Crippen LogP contribution in [0.25, 0.3) is 0 Å². The van der Waals surface area contributed by atoms with Crippen molar-refractivity contribution in [3.05, 3.63) is 34.4 Å². The lowest BCUT2D eigenvalue weighted by molar-refractivity contribution is -0.384. The molecule has 16 heavy (non-hydrogen) atoms. The number of methoxy groups -OCH3 is 1. The first-order valence-electron chi connectivity index (χ1n) is 3.69. The van der Waals surface area contributed by atoms with Gasteiger partial charge in [0, 0.05) is 22.8 Å². The molecule has 9 heteroatoms. The van der Waals surface area contributed by atoms with Gasteiger partial charge in [-0.3, -0.25) is 14.7 Å². The molecule has 0 saturated carbocycles. The zero-order valence-corrected chi connectivity index (χ0v) is 9.60. The Morgan fingerprint density at radius 3 is 2.00 bits per heavy atom. The molecule has 0 amide bonds. The van der Waals surface area contributed by atoms with Gasteiger partial charge in [0.15, 0.2) is 0 Å². The van der Waals surface area contributed by atoms with Crippen molar-refractivity contribution < 1.29 is 22.6 Å². The van der Waals surface area contributed by atoms with E-state index in [1.807, 2.05) is 0 Å². The number of nitrogens with zero attached hydrogens (tertiary/aromatic N) is 1. The van der Waals surface area contributed by atoms with Gasteiger partial charge < -0.3 is 4.74 Å². The Kier molecular flexibility index (Phi) is 5.72. The van der Waals surface area contributed by atoms with E-state index in [0.717, 1.165) is 0 Å². The maximum atomic E-state index is 10.2. The van der Waals surface area contributed by atoms with E-state index >= 15 is 0 Å². The largest absolute Gasteiger partial charge is 0.497 e. The molecule has 0 atom stereocenters. The summed E-state index contributed by atoms with van der Waals surface area (Å²) in [6, 6.07) is 5.91. The van der Waals surface area contributed by atoms with Crippen LogP contribution < -0.4 is 4.74 Å². The summed E-state index contributed by atoms with van der Waals surface area (Å²) in [5.74, 6) is 0.621. The van der Waals surface area contributed by atoms with Crippen molar-refractivity contribution in [2.75, 3.05) is 7.11 Å². The predicted molar refractivity (Wildman–Crippen MR) is 57.1 cm³/mol. The second-order valence-corrected chi connectivity index (χ2v) is 4.36. The third kappa shape index (κ3) is 7.97. The van der Waals surface area contributed by atoms with E-state index in [1.54, 1.807) is 12.1 Å². The minimum absolute atomic E-state index is 0.0748. The van der Waals surface area contributed by atoms with Crippen LogP contribution in [0.5, 0.6) is 5.75 Å². The molecule has 0 fully saturated rings. The van der Waals surface area contributed by atoms with Crippen molar-refractivity contribution in [2.24, 2.45) is 0 Å². The van der Waals surface area contributed by atoms with Crippen LogP contribution >= 0.6 is 10.7 Å². The molecule has 0 spiro atoms. The number of nitro benzene ring substituents is 1. The Morgan fingerprint density at radius 1 is 1.38 bits per heavy atom. The van der Waals surface area contributed by atoms with Crippen molar-refractivity contribution in [3.8, 4) is 5.75 Å². The summed E-state index contributed by atoms with van der Waals surface area (Å²) in [5, 5.41) is 10.2. The van der Waals surface area contributed by atoms with Gasteiger partial charge in [0.1, 0.15) is 5.75 Å². The first kappa shape index (κ1) is 14.6. The van der Waals surface area contributed by atoms with Crippen molar-refractivity contribution in [1.29, 1.82) is 0 Å². The highest BCUT2D eigenvalue weighted by atomic mass is 35.7. The number of hydrogen-bond donors (Lipinski definition) is 1. The molecule has 0 aliphatic heterocycles. The Hall–Kier alpha value is -1.38. The van der Waals surface area contributed by atoms with Crippen LogP contribution in [0.1, 0.15) is 0 Å². The maximum Gasteiger partial charge on any atom is 0.353 e. The third-order valence-corrected chi connectivity index (χ3v) is 1.28. The first-order valence-corrected chi connectivity index (χ1v) is 5.96. The van der Waals surface area contributed by atoms with E-state index in [9.17, 15) is 10.1 Å². The lowest BCUT2D eigenvalue weighted by Crippen LogP contribution is -1.87. The van der Waals surface area contributed by atoms with Crippen LogP contribution in [0.15, 0.2) is 24.3 Å². The van der Waals surface area contributed by atoms with Crippen LogP contribution in [-0.2, 0) is 9.33 Å². The quantitative estimate of drug-likeness (QED) is 0.378. The number of ether oxygens (including phenoxy) is 1. The summed E-state index contributed by atoms with van der Waals surface area (Å²) in [6.45, 7) is 0. The fourth-order valence-corrected chi connectivity index (χ4v) is 0.704. The molecule has 0 aliphatic rings. The summed E-state index contributed by atoms with van der Waals surface area (Å²) in [7, 11) is 1.38. The van der Waals surface area contributed by atoms with Gasteiger partial charge in [-0.1, -0.05) is 0 Å². The number of benzene rings is 1. The number of rotatable bonds is 2. The molecule has 1 rings (SSSR count). The van der Waals surface area contributed by atoms with Crippen LogP contribution in [0.2, 0.25) is 0 Å². The molecule has 0 radical (unpaired) electrons. The molecule has 0 heterocycles. The van der Waals surface area contributed by atoms with Gasteiger partial charge in [-0.25, -0.2) is 0 Å². The first-order chi connectivity index (χ1) is 7.24. The van der Waals surface area contributed by atoms with Gasteiger partial charge in [0.05, 0.1) is 12.0 Å². The fraction of sp³-hybridized carbons (Fsp3) is 0.143. The van der Waals surface area contributed by atoms with Crippen LogP contribution in [0, 0.1) is 10.1 Å². The van der Waals surface area contributed by atoms with E-state index in [1.165, 1.54) is 19.2 Å². The highest BCUT2D eigenvalue weighted by Gasteiger charge is 2.02. The number of nitro groups is 1. The second-order valence-electron chi connectivity index (χ2n) is 2.37. The Bertz CT molecular complexity index is 434. The smallest absolute Gasteiger partial charge is 0.353 e. The Morgan fingerprint density at radius 2 is 1.75 bits per heavy atom. The molecule has 0 aliphatic carbocycles. The monoisotopic (exact) mass is 269 g/mol. The Balaban J connectivity index is 0.000000385. The zero-order chi connectivity index (χ0) is 12.8. The van der Waals surface area contributed by atoms with Crippen molar-refractivity contribution >= 4 is 25.7 Å². The number of halogens is 1. The number of hydrogen-bond acceptors (Lipinski definition) is 5. The summed E-state index contributed by atoms with van der Waals surface area (Å²) in [4.78, 5) is 9.72. The average molecular weight is 270 g/mol. The number of non-ortho nitro benzene ring substituents is 1. The molecule has 1 aromatic rings.